The smallest absolute Gasteiger partial charge is 0.282 e. The van der Waals surface area contributed by atoms with Crippen LogP contribution in [0.1, 0.15) is 36.3 Å². The summed E-state index contributed by atoms with van der Waals surface area (Å²) in [5.74, 6) is -0.979. The second-order valence-corrected chi connectivity index (χ2v) is 9.53. The first-order valence-corrected chi connectivity index (χ1v) is 10.9. The van der Waals surface area contributed by atoms with Crippen LogP contribution in [0.3, 0.4) is 0 Å². The first-order chi connectivity index (χ1) is 16.1. The molecule has 1 aromatic heterocycles. The van der Waals surface area contributed by atoms with Crippen molar-refractivity contribution in [1.82, 2.24) is 9.97 Å². The summed E-state index contributed by atoms with van der Waals surface area (Å²) in [5, 5.41) is 2.71. The Bertz CT molecular complexity index is 1160. The van der Waals surface area contributed by atoms with Gasteiger partial charge < -0.3 is 25.3 Å². The van der Waals surface area contributed by atoms with Crippen molar-refractivity contribution in [2.24, 2.45) is 22.1 Å². The van der Waals surface area contributed by atoms with E-state index < -0.39 is 28.3 Å². The van der Waals surface area contributed by atoms with Gasteiger partial charge in [0.25, 0.3) is 11.9 Å². The van der Waals surface area contributed by atoms with E-state index in [0.717, 1.165) is 0 Å². The largest absolute Gasteiger partial charge is 0.476 e. The number of ether oxygens (including phenoxy) is 3. The summed E-state index contributed by atoms with van der Waals surface area (Å²) < 4.78 is 45.1. The van der Waals surface area contributed by atoms with Crippen LogP contribution in [0.2, 0.25) is 0 Å². The minimum atomic E-state index is -1.19. The lowest BCUT2D eigenvalue weighted by Gasteiger charge is -2.42. The SMILES string of the molecule is CC1(F)CC1COc1cnc(C(=O)Nc2ccc(F)c([C@]34COC[C@@]3(C)COC(N)=N4)c2)cn1. The molecule has 1 aliphatic carbocycles. The number of fused-ring (bicyclic) bond motifs is 1. The number of benzene rings is 1. The second-order valence-electron chi connectivity index (χ2n) is 9.53. The molecule has 11 heteroatoms. The molecule has 9 nitrogen and oxygen atoms in total. The van der Waals surface area contributed by atoms with E-state index in [1.54, 1.807) is 0 Å². The summed E-state index contributed by atoms with van der Waals surface area (Å²) >= 11 is 0. The lowest BCUT2D eigenvalue weighted by Crippen LogP contribution is -2.50. The van der Waals surface area contributed by atoms with Gasteiger partial charge in [-0.15, -0.1) is 0 Å². The van der Waals surface area contributed by atoms with Crippen molar-refractivity contribution in [3.63, 3.8) is 0 Å². The van der Waals surface area contributed by atoms with Gasteiger partial charge >= 0.3 is 0 Å². The summed E-state index contributed by atoms with van der Waals surface area (Å²) in [6, 6.07) is 4.20. The quantitative estimate of drug-likeness (QED) is 0.661. The molecule has 4 atom stereocenters. The highest BCUT2D eigenvalue weighted by atomic mass is 19.1. The number of hydrogen-bond acceptors (Lipinski definition) is 8. The lowest BCUT2D eigenvalue weighted by atomic mass is 9.69. The molecule has 1 amide bonds. The summed E-state index contributed by atoms with van der Waals surface area (Å²) in [6.45, 7) is 4.33. The van der Waals surface area contributed by atoms with Gasteiger partial charge in [-0.3, -0.25) is 4.79 Å². The predicted molar refractivity (Wildman–Crippen MR) is 118 cm³/mol. The van der Waals surface area contributed by atoms with Crippen molar-refractivity contribution in [3.8, 4) is 5.88 Å². The highest BCUT2D eigenvalue weighted by Gasteiger charge is 2.58. The molecular formula is C23H25F2N5O4. The van der Waals surface area contributed by atoms with Crippen LogP contribution in [-0.2, 0) is 15.0 Å². The van der Waals surface area contributed by atoms with Gasteiger partial charge in [-0.2, -0.15) is 0 Å². The van der Waals surface area contributed by atoms with Crippen LogP contribution in [0.5, 0.6) is 5.88 Å². The number of anilines is 1. The molecule has 3 N–H and O–H groups in total. The first kappa shape index (κ1) is 22.5. The number of alkyl halides is 1. The van der Waals surface area contributed by atoms with Gasteiger partial charge in [0.15, 0.2) is 0 Å². The number of halogens is 2. The highest BCUT2D eigenvalue weighted by molar-refractivity contribution is 6.02. The summed E-state index contributed by atoms with van der Waals surface area (Å²) in [5.41, 5.74) is 3.58. The Balaban J connectivity index is 1.32. The Hall–Kier alpha value is -3.34. The number of aromatic nitrogens is 2. The average Bonchev–Trinajstić information content (AvgIpc) is 3.27. The van der Waals surface area contributed by atoms with Crippen LogP contribution in [0.25, 0.3) is 0 Å². The van der Waals surface area contributed by atoms with E-state index in [1.165, 1.54) is 37.5 Å². The Kier molecular flexibility index (Phi) is 5.19. The van der Waals surface area contributed by atoms with Crippen LogP contribution in [-0.4, -0.2) is 54.0 Å². The molecule has 180 valence electrons. The molecule has 34 heavy (non-hydrogen) atoms. The van der Waals surface area contributed by atoms with Crippen LogP contribution in [0.4, 0.5) is 14.5 Å². The first-order valence-electron chi connectivity index (χ1n) is 10.9. The Morgan fingerprint density at radius 1 is 1.26 bits per heavy atom. The molecule has 3 heterocycles. The van der Waals surface area contributed by atoms with Crippen LogP contribution < -0.4 is 15.8 Å². The number of hydrogen-bond donors (Lipinski definition) is 2. The number of aliphatic imine (C=N–C) groups is 1. The molecule has 2 aliphatic heterocycles. The minimum Gasteiger partial charge on any atom is -0.476 e. The van der Waals surface area contributed by atoms with Crippen molar-refractivity contribution in [2.75, 3.05) is 31.7 Å². The Morgan fingerprint density at radius 2 is 2.06 bits per heavy atom. The molecule has 2 unspecified atom stereocenters. The second kappa shape index (κ2) is 7.86. The molecule has 3 aliphatic rings. The zero-order valence-electron chi connectivity index (χ0n) is 18.8. The van der Waals surface area contributed by atoms with Gasteiger partial charge in [0.1, 0.15) is 29.3 Å². The van der Waals surface area contributed by atoms with E-state index >= 15 is 0 Å². The zero-order valence-corrected chi connectivity index (χ0v) is 18.8. The van der Waals surface area contributed by atoms with Gasteiger partial charge in [-0.05, 0) is 31.5 Å². The van der Waals surface area contributed by atoms with Crippen LogP contribution >= 0.6 is 0 Å². The van der Waals surface area contributed by atoms with Crippen molar-refractivity contribution < 1.29 is 27.8 Å². The average molecular weight is 473 g/mol. The molecule has 1 saturated carbocycles. The molecule has 2 fully saturated rings. The number of carbonyl (C=O) groups is 1. The van der Waals surface area contributed by atoms with E-state index in [0.29, 0.717) is 18.7 Å². The topological polar surface area (TPSA) is 121 Å². The third-order valence-corrected chi connectivity index (χ3v) is 6.87. The van der Waals surface area contributed by atoms with Gasteiger partial charge in [0.05, 0.1) is 37.6 Å². The van der Waals surface area contributed by atoms with Crippen LogP contribution in [0, 0.1) is 17.2 Å². The van der Waals surface area contributed by atoms with Crippen molar-refractivity contribution >= 4 is 17.6 Å². The third kappa shape index (κ3) is 3.83. The normalized spacial score (nSPS) is 31.8. The number of carbonyl (C=O) groups excluding carboxylic acids is 1. The summed E-state index contributed by atoms with van der Waals surface area (Å²) in [6.07, 6.45) is 3.03. The number of nitrogens with two attached hydrogens (primary N) is 1. The zero-order chi connectivity index (χ0) is 24.1. The van der Waals surface area contributed by atoms with Crippen molar-refractivity contribution in [2.45, 2.75) is 31.5 Å². The van der Waals surface area contributed by atoms with Gasteiger partial charge in [-0.25, -0.2) is 23.7 Å². The number of amidine groups is 1. The van der Waals surface area contributed by atoms with E-state index in [9.17, 15) is 13.6 Å². The summed E-state index contributed by atoms with van der Waals surface area (Å²) in [4.78, 5) is 25.3. The molecule has 2 aromatic rings. The molecule has 1 aromatic carbocycles. The maximum Gasteiger partial charge on any atom is 0.282 e. The fourth-order valence-corrected chi connectivity index (χ4v) is 4.43. The maximum atomic E-state index is 15.0. The standard InChI is InChI=1S/C23H25F2N5O4/c1-21-10-32-12-23(21,30-20(26)34-11-21)15-5-14(3-4-16(15)24)29-19(31)17-7-28-18(8-27-17)33-9-13-6-22(13,2)25/h3-5,7-8,13H,6,9-12H2,1-2H3,(H2,26,30)(H,29,31)/t13?,21-,22?,23+/m0/s1. The molecule has 5 rings (SSSR count). The van der Waals surface area contributed by atoms with E-state index in [2.05, 4.69) is 20.3 Å². The fourth-order valence-electron chi connectivity index (χ4n) is 4.43. The Morgan fingerprint density at radius 3 is 2.76 bits per heavy atom. The number of nitrogens with zero attached hydrogens (tertiary/aromatic N) is 3. The molecular weight excluding hydrogens is 448 g/mol. The van der Waals surface area contributed by atoms with Gasteiger partial charge in [-0.1, -0.05) is 6.92 Å². The highest BCUT2D eigenvalue weighted by Crippen LogP contribution is 2.51. The molecule has 1 saturated heterocycles. The third-order valence-electron chi connectivity index (χ3n) is 6.87. The van der Waals surface area contributed by atoms with E-state index in [-0.39, 0.29) is 48.9 Å². The monoisotopic (exact) mass is 473 g/mol. The van der Waals surface area contributed by atoms with E-state index in [4.69, 9.17) is 19.9 Å². The Labute approximate surface area is 194 Å². The summed E-state index contributed by atoms with van der Waals surface area (Å²) in [7, 11) is 0. The number of amides is 1. The van der Waals surface area contributed by atoms with Crippen molar-refractivity contribution in [3.05, 3.63) is 47.7 Å². The molecule has 0 bridgehead atoms. The van der Waals surface area contributed by atoms with Crippen molar-refractivity contribution in [1.29, 1.82) is 0 Å². The van der Waals surface area contributed by atoms with Gasteiger partial charge in [0.2, 0.25) is 5.88 Å². The minimum absolute atomic E-state index is 0.0350. The maximum absolute atomic E-state index is 15.0. The predicted octanol–water partition coefficient (Wildman–Crippen LogP) is 2.57. The number of nitrogens with one attached hydrogen (secondary N) is 1. The molecule has 0 spiro atoms. The fraction of sp³-hybridized carbons (Fsp3) is 0.478. The molecule has 0 radical (unpaired) electrons. The van der Waals surface area contributed by atoms with Gasteiger partial charge in [0, 0.05) is 17.2 Å². The number of rotatable bonds is 6. The van der Waals surface area contributed by atoms with Crippen LogP contribution in [0.15, 0.2) is 35.6 Å². The lowest BCUT2D eigenvalue weighted by molar-refractivity contribution is 0.0665. The van der Waals surface area contributed by atoms with E-state index in [1.807, 2.05) is 6.92 Å².